The lowest BCUT2D eigenvalue weighted by Crippen LogP contribution is -2.49. The molecule has 0 aromatic rings. The third kappa shape index (κ3) is 4.23. The van der Waals surface area contributed by atoms with E-state index < -0.39 is 5.41 Å². The Morgan fingerprint density at radius 2 is 1.67 bits per heavy atom. The first-order valence-corrected chi connectivity index (χ1v) is 7.42. The van der Waals surface area contributed by atoms with Gasteiger partial charge in [-0.1, -0.05) is 52.3 Å². The van der Waals surface area contributed by atoms with Crippen molar-refractivity contribution in [3.8, 4) is 0 Å². The van der Waals surface area contributed by atoms with Crippen LogP contribution in [-0.2, 0) is 4.79 Å². The summed E-state index contributed by atoms with van der Waals surface area (Å²) in [5.41, 5.74) is 5.27. The highest BCUT2D eigenvalue weighted by Gasteiger charge is 2.41. The number of carbonyl (C=O) groups is 1. The zero-order valence-corrected chi connectivity index (χ0v) is 13.1. The van der Waals surface area contributed by atoms with Crippen LogP contribution >= 0.6 is 12.2 Å². The van der Waals surface area contributed by atoms with Crippen molar-refractivity contribution in [3.05, 3.63) is 0 Å². The molecule has 1 amide bonds. The van der Waals surface area contributed by atoms with Crippen LogP contribution in [0.25, 0.3) is 0 Å². The Labute approximate surface area is 117 Å². The molecule has 0 atom stereocenters. The van der Waals surface area contributed by atoms with Crippen molar-refractivity contribution < 1.29 is 4.79 Å². The predicted molar refractivity (Wildman–Crippen MR) is 81.6 cm³/mol. The molecule has 0 radical (unpaired) electrons. The third-order valence-electron chi connectivity index (χ3n) is 3.43. The minimum absolute atomic E-state index is 0.104. The van der Waals surface area contributed by atoms with E-state index in [0.29, 0.717) is 4.99 Å². The van der Waals surface area contributed by atoms with Gasteiger partial charge in [-0.15, -0.1) is 0 Å². The first-order chi connectivity index (χ1) is 8.46. The van der Waals surface area contributed by atoms with Crippen LogP contribution in [0.1, 0.15) is 59.3 Å². The van der Waals surface area contributed by atoms with Crippen molar-refractivity contribution in [2.24, 2.45) is 11.1 Å². The molecule has 3 nitrogen and oxygen atoms in total. The minimum atomic E-state index is -0.624. The summed E-state index contributed by atoms with van der Waals surface area (Å²) >= 11 is 5.20. The summed E-state index contributed by atoms with van der Waals surface area (Å²) < 4.78 is 0. The monoisotopic (exact) mass is 272 g/mol. The first kappa shape index (κ1) is 17.4. The molecule has 2 N–H and O–H groups in total. The summed E-state index contributed by atoms with van der Waals surface area (Å²) in [6, 6.07) is 0. The summed E-state index contributed by atoms with van der Waals surface area (Å²) in [6.45, 7) is 7.05. The minimum Gasteiger partial charge on any atom is -0.392 e. The predicted octanol–water partition coefficient (Wildman–Crippen LogP) is 3.12. The molecule has 0 rings (SSSR count). The van der Waals surface area contributed by atoms with Crippen LogP contribution < -0.4 is 5.73 Å². The van der Waals surface area contributed by atoms with E-state index in [4.69, 9.17) is 18.0 Å². The largest absolute Gasteiger partial charge is 0.392 e. The Morgan fingerprint density at radius 3 is 2.00 bits per heavy atom. The number of carbonyl (C=O) groups excluding carboxylic acids is 1. The molecule has 0 fully saturated rings. The number of rotatable bonds is 9. The Bertz CT molecular complexity index is 273. The number of hydrogen-bond acceptors (Lipinski definition) is 2. The normalized spacial score (nSPS) is 11.3. The summed E-state index contributed by atoms with van der Waals surface area (Å²) in [7, 11) is 1.86. The van der Waals surface area contributed by atoms with Crippen LogP contribution in [0.4, 0.5) is 0 Å². The second kappa shape index (κ2) is 8.46. The molecular formula is C14H28N2OS. The highest BCUT2D eigenvalue weighted by molar-refractivity contribution is 7.80. The van der Waals surface area contributed by atoms with Gasteiger partial charge >= 0.3 is 0 Å². The van der Waals surface area contributed by atoms with Gasteiger partial charge in [0.1, 0.15) is 0 Å². The van der Waals surface area contributed by atoms with Crippen molar-refractivity contribution >= 4 is 23.1 Å². The molecule has 106 valence electrons. The van der Waals surface area contributed by atoms with E-state index in [1.165, 1.54) is 0 Å². The van der Waals surface area contributed by atoms with Crippen LogP contribution in [0.5, 0.6) is 0 Å². The molecule has 0 spiro atoms. The van der Waals surface area contributed by atoms with E-state index in [0.717, 1.165) is 45.1 Å². The van der Waals surface area contributed by atoms with Gasteiger partial charge in [0.2, 0.25) is 5.91 Å². The van der Waals surface area contributed by atoms with Gasteiger partial charge in [0.15, 0.2) is 0 Å². The molecule has 0 aromatic carbocycles. The molecular weight excluding hydrogens is 244 g/mol. The molecule has 18 heavy (non-hydrogen) atoms. The number of hydrogen-bond donors (Lipinski definition) is 1. The van der Waals surface area contributed by atoms with Gasteiger partial charge in [-0.25, -0.2) is 0 Å². The lowest BCUT2D eigenvalue weighted by atomic mass is 9.77. The van der Waals surface area contributed by atoms with Crippen LogP contribution in [0.15, 0.2) is 0 Å². The average Bonchev–Trinajstić information content (AvgIpc) is 2.34. The molecule has 0 bridgehead atoms. The van der Waals surface area contributed by atoms with E-state index in [2.05, 4.69) is 20.8 Å². The fourth-order valence-corrected chi connectivity index (χ4v) is 2.70. The van der Waals surface area contributed by atoms with E-state index in [-0.39, 0.29) is 5.91 Å². The van der Waals surface area contributed by atoms with Gasteiger partial charge in [-0.3, -0.25) is 4.79 Å². The maximum absolute atomic E-state index is 12.7. The SMILES string of the molecule is CCCCN(C)C(=O)C(CCC)(CCC)C(N)=S. The molecule has 0 heterocycles. The van der Waals surface area contributed by atoms with E-state index in [1.807, 2.05) is 7.05 Å². The Morgan fingerprint density at radius 1 is 1.17 bits per heavy atom. The molecule has 0 aliphatic heterocycles. The molecule has 0 saturated heterocycles. The van der Waals surface area contributed by atoms with Gasteiger partial charge in [0, 0.05) is 13.6 Å². The second-order valence-corrected chi connectivity index (χ2v) is 5.47. The summed E-state index contributed by atoms with van der Waals surface area (Å²) in [4.78, 5) is 14.8. The van der Waals surface area contributed by atoms with Crippen LogP contribution in [0.3, 0.4) is 0 Å². The average molecular weight is 272 g/mol. The highest BCUT2D eigenvalue weighted by Crippen LogP contribution is 2.32. The van der Waals surface area contributed by atoms with Crippen molar-refractivity contribution in [2.75, 3.05) is 13.6 Å². The Hall–Kier alpha value is -0.640. The van der Waals surface area contributed by atoms with Gasteiger partial charge in [0.05, 0.1) is 10.4 Å². The van der Waals surface area contributed by atoms with Gasteiger partial charge in [-0.05, 0) is 19.3 Å². The van der Waals surface area contributed by atoms with E-state index in [1.54, 1.807) is 4.90 Å². The zero-order valence-electron chi connectivity index (χ0n) is 12.3. The van der Waals surface area contributed by atoms with Crippen molar-refractivity contribution in [1.82, 2.24) is 4.90 Å². The molecule has 0 aromatic heterocycles. The van der Waals surface area contributed by atoms with E-state index in [9.17, 15) is 4.79 Å². The number of nitrogens with two attached hydrogens (primary N) is 1. The first-order valence-electron chi connectivity index (χ1n) is 7.01. The molecule has 0 aliphatic rings. The summed E-state index contributed by atoms with van der Waals surface area (Å²) in [6.07, 6.45) is 5.46. The number of amides is 1. The lowest BCUT2D eigenvalue weighted by Gasteiger charge is -2.35. The topological polar surface area (TPSA) is 46.3 Å². The Kier molecular flexibility index (Phi) is 8.16. The van der Waals surface area contributed by atoms with Crippen molar-refractivity contribution in [3.63, 3.8) is 0 Å². The van der Waals surface area contributed by atoms with Gasteiger partial charge < -0.3 is 10.6 Å². The summed E-state index contributed by atoms with van der Waals surface area (Å²) in [5.74, 6) is 0.104. The van der Waals surface area contributed by atoms with Crippen LogP contribution in [0, 0.1) is 5.41 Å². The molecule has 0 unspecified atom stereocenters. The quantitative estimate of drug-likeness (QED) is 0.656. The highest BCUT2D eigenvalue weighted by atomic mass is 32.1. The second-order valence-electron chi connectivity index (χ2n) is 5.03. The zero-order chi connectivity index (χ0) is 14.2. The van der Waals surface area contributed by atoms with Crippen molar-refractivity contribution in [2.45, 2.75) is 59.3 Å². The Balaban J connectivity index is 5.03. The summed E-state index contributed by atoms with van der Waals surface area (Å²) in [5, 5.41) is 0. The lowest BCUT2D eigenvalue weighted by molar-refractivity contribution is -0.137. The maximum atomic E-state index is 12.7. The van der Waals surface area contributed by atoms with Gasteiger partial charge in [0.25, 0.3) is 0 Å². The molecule has 0 saturated carbocycles. The number of nitrogens with zero attached hydrogens (tertiary/aromatic N) is 1. The smallest absolute Gasteiger partial charge is 0.235 e. The third-order valence-corrected chi connectivity index (χ3v) is 3.82. The van der Waals surface area contributed by atoms with Crippen LogP contribution in [-0.4, -0.2) is 29.4 Å². The van der Waals surface area contributed by atoms with Crippen molar-refractivity contribution in [1.29, 1.82) is 0 Å². The fourth-order valence-electron chi connectivity index (χ4n) is 2.41. The van der Waals surface area contributed by atoms with Gasteiger partial charge in [-0.2, -0.15) is 0 Å². The fraction of sp³-hybridized carbons (Fsp3) is 0.857. The van der Waals surface area contributed by atoms with Crippen LogP contribution in [0.2, 0.25) is 0 Å². The standard InChI is InChI=1S/C14H28N2OS/c1-5-8-11-16(4)13(17)14(9-6-2,10-7-3)12(15)18/h5-11H2,1-4H3,(H2,15,18). The number of thiocarbonyl (C=S) groups is 1. The molecule has 0 aliphatic carbocycles. The molecule has 4 heteroatoms. The number of unbranched alkanes of at least 4 members (excludes halogenated alkanes) is 1. The maximum Gasteiger partial charge on any atom is 0.235 e. The van der Waals surface area contributed by atoms with E-state index >= 15 is 0 Å².